The summed E-state index contributed by atoms with van der Waals surface area (Å²) in [7, 11) is 0. The maximum absolute atomic E-state index is 11.5. The van der Waals surface area contributed by atoms with Crippen molar-refractivity contribution >= 4 is 5.97 Å². The van der Waals surface area contributed by atoms with Gasteiger partial charge in [0.25, 0.3) is 0 Å². The van der Waals surface area contributed by atoms with Crippen LogP contribution in [0.2, 0.25) is 0 Å². The second kappa shape index (κ2) is 19.7. The molecule has 0 fully saturated rings. The average molecular weight is 361 g/mol. The first-order chi connectivity index (χ1) is 12.2. The van der Waals surface area contributed by atoms with E-state index in [2.05, 4.69) is 20.8 Å². The number of esters is 1. The van der Waals surface area contributed by atoms with E-state index >= 15 is 0 Å². The van der Waals surface area contributed by atoms with Crippen LogP contribution in [-0.4, -0.2) is 52.2 Å². The van der Waals surface area contributed by atoms with Crippen molar-refractivity contribution in [2.75, 3.05) is 46.2 Å². The molecule has 5 heteroatoms. The summed E-state index contributed by atoms with van der Waals surface area (Å²) in [6, 6.07) is 0. The summed E-state index contributed by atoms with van der Waals surface area (Å²) in [5, 5.41) is 0. The lowest BCUT2D eigenvalue weighted by atomic mass is 10.1. The van der Waals surface area contributed by atoms with Gasteiger partial charge in [-0.25, -0.2) is 0 Å². The standard InChI is InChI=1S/C20H40O5/c1-4-5-6-7-8-13-25-20(21)10-9-12-22-15-17-24-18-16-23-14-11-19(2)3/h19H,4-18H2,1-3H3. The van der Waals surface area contributed by atoms with Crippen LogP contribution in [0.1, 0.15) is 72.1 Å². The molecule has 0 aliphatic carbocycles. The lowest BCUT2D eigenvalue weighted by molar-refractivity contribution is -0.144. The molecule has 0 heterocycles. The Hall–Kier alpha value is -0.650. The quantitative estimate of drug-likeness (QED) is 0.253. The van der Waals surface area contributed by atoms with Gasteiger partial charge in [0.1, 0.15) is 0 Å². The summed E-state index contributed by atoms with van der Waals surface area (Å²) < 4.78 is 21.5. The summed E-state index contributed by atoms with van der Waals surface area (Å²) in [5.41, 5.74) is 0. The van der Waals surface area contributed by atoms with Crippen molar-refractivity contribution in [2.45, 2.75) is 72.1 Å². The molecule has 0 bridgehead atoms. The Morgan fingerprint density at radius 3 is 1.96 bits per heavy atom. The Morgan fingerprint density at radius 1 is 0.720 bits per heavy atom. The third-order valence-electron chi connectivity index (χ3n) is 3.76. The van der Waals surface area contributed by atoms with E-state index in [4.69, 9.17) is 18.9 Å². The Bertz CT molecular complexity index is 281. The van der Waals surface area contributed by atoms with E-state index in [1.807, 2.05) is 0 Å². The molecule has 0 saturated carbocycles. The molecular formula is C20H40O5. The molecule has 0 radical (unpaired) electrons. The molecule has 0 aromatic heterocycles. The van der Waals surface area contributed by atoms with E-state index in [0.717, 1.165) is 25.9 Å². The second-order valence-electron chi connectivity index (χ2n) is 6.76. The lowest BCUT2D eigenvalue weighted by Gasteiger charge is -2.08. The highest BCUT2D eigenvalue weighted by atomic mass is 16.5. The van der Waals surface area contributed by atoms with Crippen LogP contribution in [-0.2, 0) is 23.7 Å². The van der Waals surface area contributed by atoms with E-state index in [9.17, 15) is 4.79 Å². The van der Waals surface area contributed by atoms with E-state index in [1.165, 1.54) is 19.3 Å². The van der Waals surface area contributed by atoms with Crippen LogP contribution in [0, 0.1) is 5.92 Å². The topological polar surface area (TPSA) is 54.0 Å². The van der Waals surface area contributed by atoms with Gasteiger partial charge in [0.2, 0.25) is 0 Å². The molecule has 0 N–H and O–H groups in total. The molecular weight excluding hydrogens is 320 g/mol. The van der Waals surface area contributed by atoms with Crippen LogP contribution in [0.4, 0.5) is 0 Å². The molecule has 25 heavy (non-hydrogen) atoms. The molecule has 150 valence electrons. The summed E-state index contributed by atoms with van der Waals surface area (Å²) in [6.07, 6.45) is 8.07. The third kappa shape index (κ3) is 21.3. The highest BCUT2D eigenvalue weighted by Gasteiger charge is 2.02. The highest BCUT2D eigenvalue weighted by molar-refractivity contribution is 5.69. The van der Waals surface area contributed by atoms with Gasteiger partial charge >= 0.3 is 5.97 Å². The third-order valence-corrected chi connectivity index (χ3v) is 3.76. The van der Waals surface area contributed by atoms with Gasteiger partial charge in [-0.05, 0) is 25.2 Å². The van der Waals surface area contributed by atoms with Crippen molar-refractivity contribution in [1.29, 1.82) is 0 Å². The summed E-state index contributed by atoms with van der Waals surface area (Å²) in [6.45, 7) is 10.8. The number of carbonyl (C=O) groups is 1. The zero-order valence-electron chi connectivity index (χ0n) is 16.7. The fraction of sp³-hybridized carbons (Fsp3) is 0.950. The highest BCUT2D eigenvalue weighted by Crippen LogP contribution is 2.03. The molecule has 0 unspecified atom stereocenters. The van der Waals surface area contributed by atoms with Crippen molar-refractivity contribution < 1.29 is 23.7 Å². The Labute approximate surface area is 154 Å². The van der Waals surface area contributed by atoms with Crippen LogP contribution < -0.4 is 0 Å². The number of ether oxygens (including phenoxy) is 4. The van der Waals surface area contributed by atoms with Crippen LogP contribution in [0.3, 0.4) is 0 Å². The van der Waals surface area contributed by atoms with Gasteiger partial charge in [-0.3, -0.25) is 4.79 Å². The van der Waals surface area contributed by atoms with E-state index < -0.39 is 0 Å². The molecule has 0 amide bonds. The van der Waals surface area contributed by atoms with Gasteiger partial charge in [0, 0.05) is 19.6 Å². The van der Waals surface area contributed by atoms with E-state index in [-0.39, 0.29) is 5.97 Å². The minimum atomic E-state index is -0.117. The van der Waals surface area contributed by atoms with Crippen molar-refractivity contribution in [3.05, 3.63) is 0 Å². The van der Waals surface area contributed by atoms with Gasteiger partial charge in [0.05, 0.1) is 33.0 Å². The van der Waals surface area contributed by atoms with Crippen LogP contribution in [0.15, 0.2) is 0 Å². The number of hydrogen-bond acceptors (Lipinski definition) is 5. The predicted molar refractivity (Wildman–Crippen MR) is 101 cm³/mol. The van der Waals surface area contributed by atoms with Crippen molar-refractivity contribution in [2.24, 2.45) is 5.92 Å². The predicted octanol–water partition coefficient (Wildman–Crippen LogP) is 4.38. The van der Waals surface area contributed by atoms with Crippen LogP contribution in [0.25, 0.3) is 0 Å². The minimum Gasteiger partial charge on any atom is -0.466 e. The molecule has 0 aromatic rings. The zero-order chi connectivity index (χ0) is 18.6. The summed E-state index contributed by atoms with van der Waals surface area (Å²) in [5.74, 6) is 0.561. The first-order valence-corrected chi connectivity index (χ1v) is 10.1. The van der Waals surface area contributed by atoms with Gasteiger partial charge in [0.15, 0.2) is 0 Å². The SMILES string of the molecule is CCCCCCCOC(=O)CCCOCCOCCOCCC(C)C. The lowest BCUT2D eigenvalue weighted by Crippen LogP contribution is -2.11. The summed E-state index contributed by atoms with van der Waals surface area (Å²) >= 11 is 0. The molecule has 0 aliphatic heterocycles. The minimum absolute atomic E-state index is 0.117. The molecule has 0 aromatic carbocycles. The molecule has 5 nitrogen and oxygen atoms in total. The van der Waals surface area contributed by atoms with E-state index in [1.54, 1.807) is 0 Å². The molecule has 0 atom stereocenters. The largest absolute Gasteiger partial charge is 0.466 e. The van der Waals surface area contributed by atoms with Crippen molar-refractivity contribution in [3.63, 3.8) is 0 Å². The number of unbranched alkanes of at least 4 members (excludes halogenated alkanes) is 4. The number of carbonyl (C=O) groups excluding carboxylic acids is 1. The zero-order valence-corrected chi connectivity index (χ0v) is 16.7. The van der Waals surface area contributed by atoms with Gasteiger partial charge in [-0.1, -0.05) is 46.5 Å². The van der Waals surface area contributed by atoms with Crippen molar-refractivity contribution in [3.8, 4) is 0 Å². The molecule has 0 rings (SSSR count). The molecule has 0 saturated heterocycles. The monoisotopic (exact) mass is 360 g/mol. The fourth-order valence-electron chi connectivity index (χ4n) is 2.14. The Kier molecular flexibility index (Phi) is 19.2. The first kappa shape index (κ1) is 24.4. The van der Waals surface area contributed by atoms with Gasteiger partial charge in [-0.15, -0.1) is 0 Å². The van der Waals surface area contributed by atoms with Crippen LogP contribution >= 0.6 is 0 Å². The molecule has 0 aliphatic rings. The molecule has 0 spiro atoms. The maximum Gasteiger partial charge on any atom is 0.305 e. The fourth-order valence-corrected chi connectivity index (χ4v) is 2.14. The second-order valence-corrected chi connectivity index (χ2v) is 6.76. The Morgan fingerprint density at radius 2 is 1.32 bits per heavy atom. The Balaban J connectivity index is 3.13. The average Bonchev–Trinajstić information content (AvgIpc) is 2.58. The maximum atomic E-state index is 11.5. The van der Waals surface area contributed by atoms with E-state index in [0.29, 0.717) is 58.4 Å². The smallest absolute Gasteiger partial charge is 0.305 e. The van der Waals surface area contributed by atoms with Gasteiger partial charge in [-0.2, -0.15) is 0 Å². The summed E-state index contributed by atoms with van der Waals surface area (Å²) in [4.78, 5) is 11.5. The van der Waals surface area contributed by atoms with Crippen molar-refractivity contribution in [1.82, 2.24) is 0 Å². The normalized spacial score (nSPS) is 11.2. The van der Waals surface area contributed by atoms with Crippen LogP contribution in [0.5, 0.6) is 0 Å². The van der Waals surface area contributed by atoms with Gasteiger partial charge < -0.3 is 18.9 Å². The number of hydrogen-bond donors (Lipinski definition) is 0. The first-order valence-electron chi connectivity index (χ1n) is 10.1. The number of rotatable bonds is 19.